The van der Waals surface area contributed by atoms with Crippen molar-refractivity contribution in [3.8, 4) is 0 Å². The van der Waals surface area contributed by atoms with Gasteiger partial charge in [-0.05, 0) is 19.2 Å². The van der Waals surface area contributed by atoms with Crippen molar-refractivity contribution < 1.29 is 4.79 Å². The van der Waals surface area contributed by atoms with Crippen molar-refractivity contribution in [3.63, 3.8) is 0 Å². The molecule has 1 aliphatic heterocycles. The fourth-order valence-electron chi connectivity index (χ4n) is 2.02. The lowest BCUT2D eigenvalue weighted by atomic mass is 10.1. The number of benzene rings is 1. The molecule has 0 aliphatic carbocycles. The molecule has 3 nitrogen and oxygen atoms in total. The summed E-state index contributed by atoms with van der Waals surface area (Å²) in [6.45, 7) is 4.22. The number of alkyl halides is 1. The number of Topliss-reactive ketones (excluding diaryl/α,β-unsaturated/α-hetero) is 1. The van der Waals surface area contributed by atoms with E-state index in [-0.39, 0.29) is 5.78 Å². The molecular formula is C13H17BrN2O. The van der Waals surface area contributed by atoms with Gasteiger partial charge < -0.3 is 9.80 Å². The summed E-state index contributed by atoms with van der Waals surface area (Å²) in [6.07, 6.45) is 0. The van der Waals surface area contributed by atoms with Crippen LogP contribution in [-0.4, -0.2) is 49.2 Å². The van der Waals surface area contributed by atoms with Crippen molar-refractivity contribution in [2.24, 2.45) is 0 Å². The maximum Gasteiger partial charge on any atom is 0.173 e. The van der Waals surface area contributed by atoms with E-state index in [1.165, 1.54) is 0 Å². The summed E-state index contributed by atoms with van der Waals surface area (Å²) in [5.74, 6) is 0.140. The van der Waals surface area contributed by atoms with Crippen molar-refractivity contribution in [2.45, 2.75) is 0 Å². The summed E-state index contributed by atoms with van der Waals surface area (Å²) in [4.78, 5) is 16.3. The molecule has 1 heterocycles. The van der Waals surface area contributed by atoms with Crippen molar-refractivity contribution in [1.29, 1.82) is 0 Å². The lowest BCUT2D eigenvalue weighted by Gasteiger charge is -2.34. The molecule has 0 saturated carbocycles. The van der Waals surface area contributed by atoms with E-state index in [2.05, 4.69) is 38.8 Å². The first-order valence-electron chi connectivity index (χ1n) is 5.83. The minimum atomic E-state index is 0.140. The molecule has 0 atom stereocenters. The standard InChI is InChI=1S/C13H17BrN2O/c1-15-5-7-16(8-6-15)12-4-2-3-11(9-12)13(17)10-14/h2-4,9H,5-8,10H2,1H3. The van der Waals surface area contributed by atoms with Gasteiger partial charge in [0.1, 0.15) is 0 Å². The topological polar surface area (TPSA) is 23.6 Å². The SMILES string of the molecule is CN1CCN(c2cccc(C(=O)CBr)c2)CC1. The Bertz CT molecular complexity index is 400. The Morgan fingerprint density at radius 1 is 1.29 bits per heavy atom. The van der Waals surface area contributed by atoms with E-state index < -0.39 is 0 Å². The Labute approximate surface area is 111 Å². The number of likely N-dealkylation sites (N-methyl/N-ethyl adjacent to an activating group) is 1. The molecular weight excluding hydrogens is 280 g/mol. The fourth-order valence-corrected chi connectivity index (χ4v) is 2.34. The minimum Gasteiger partial charge on any atom is -0.369 e. The van der Waals surface area contributed by atoms with Gasteiger partial charge in [-0.25, -0.2) is 0 Å². The predicted molar refractivity (Wildman–Crippen MR) is 74.3 cm³/mol. The summed E-state index contributed by atoms with van der Waals surface area (Å²) >= 11 is 3.21. The molecule has 0 bridgehead atoms. The van der Waals surface area contributed by atoms with Crippen LogP contribution in [0.5, 0.6) is 0 Å². The molecule has 1 aromatic carbocycles. The van der Waals surface area contributed by atoms with Crippen LogP contribution < -0.4 is 4.90 Å². The summed E-state index contributed by atoms with van der Waals surface area (Å²) in [5, 5.41) is 0.388. The number of carbonyl (C=O) groups excluding carboxylic acids is 1. The van der Waals surface area contributed by atoms with Gasteiger partial charge in [0, 0.05) is 37.4 Å². The highest BCUT2D eigenvalue weighted by atomic mass is 79.9. The smallest absolute Gasteiger partial charge is 0.173 e. The molecule has 0 unspecified atom stereocenters. The van der Waals surface area contributed by atoms with Gasteiger partial charge in [0.15, 0.2) is 5.78 Å². The van der Waals surface area contributed by atoms with Crippen LogP contribution in [-0.2, 0) is 0 Å². The van der Waals surface area contributed by atoms with Crippen molar-refractivity contribution in [3.05, 3.63) is 29.8 Å². The molecule has 17 heavy (non-hydrogen) atoms. The molecule has 0 amide bonds. The van der Waals surface area contributed by atoms with E-state index in [0.29, 0.717) is 5.33 Å². The molecule has 1 aromatic rings. The zero-order valence-corrected chi connectivity index (χ0v) is 11.6. The van der Waals surface area contributed by atoms with Crippen LogP contribution in [0.25, 0.3) is 0 Å². The molecule has 1 aliphatic rings. The number of piperazine rings is 1. The molecule has 1 saturated heterocycles. The predicted octanol–water partition coefficient (Wildman–Crippen LogP) is 2.02. The third-order valence-electron chi connectivity index (χ3n) is 3.16. The highest BCUT2D eigenvalue weighted by Crippen LogP contribution is 2.18. The Morgan fingerprint density at radius 2 is 2.00 bits per heavy atom. The van der Waals surface area contributed by atoms with Gasteiger partial charge in [-0.2, -0.15) is 0 Å². The number of nitrogens with zero attached hydrogens (tertiary/aromatic N) is 2. The Kier molecular flexibility index (Phi) is 4.18. The summed E-state index contributed by atoms with van der Waals surface area (Å²) < 4.78 is 0. The van der Waals surface area contributed by atoms with Gasteiger partial charge in [-0.1, -0.05) is 28.1 Å². The highest BCUT2D eigenvalue weighted by molar-refractivity contribution is 9.09. The van der Waals surface area contributed by atoms with Crippen molar-refractivity contribution in [2.75, 3.05) is 43.5 Å². The number of anilines is 1. The van der Waals surface area contributed by atoms with Crippen molar-refractivity contribution >= 4 is 27.4 Å². The van der Waals surface area contributed by atoms with Crippen LogP contribution in [0.15, 0.2) is 24.3 Å². The second kappa shape index (κ2) is 5.65. The van der Waals surface area contributed by atoms with E-state index in [9.17, 15) is 4.79 Å². The Hall–Kier alpha value is -0.870. The van der Waals surface area contributed by atoms with E-state index in [4.69, 9.17) is 0 Å². The maximum absolute atomic E-state index is 11.6. The first-order chi connectivity index (χ1) is 8.20. The second-order valence-electron chi connectivity index (χ2n) is 4.40. The Balaban J connectivity index is 2.13. The van der Waals surface area contributed by atoms with Gasteiger partial charge in [-0.3, -0.25) is 4.79 Å². The van der Waals surface area contributed by atoms with Gasteiger partial charge in [0.25, 0.3) is 0 Å². The molecule has 92 valence electrons. The second-order valence-corrected chi connectivity index (χ2v) is 4.96. The van der Waals surface area contributed by atoms with Crippen LogP contribution in [0.3, 0.4) is 0 Å². The molecule has 1 fully saturated rings. The third-order valence-corrected chi connectivity index (χ3v) is 3.67. The number of hydrogen-bond donors (Lipinski definition) is 0. The zero-order chi connectivity index (χ0) is 12.3. The average molecular weight is 297 g/mol. The summed E-state index contributed by atoms with van der Waals surface area (Å²) in [7, 11) is 2.14. The first-order valence-corrected chi connectivity index (χ1v) is 6.95. The van der Waals surface area contributed by atoms with E-state index in [0.717, 1.165) is 37.4 Å². The quantitative estimate of drug-likeness (QED) is 0.630. The zero-order valence-electron chi connectivity index (χ0n) is 10.0. The van der Waals surface area contributed by atoms with E-state index in [1.54, 1.807) is 0 Å². The van der Waals surface area contributed by atoms with E-state index in [1.807, 2.05) is 18.2 Å². The fraction of sp³-hybridized carbons (Fsp3) is 0.462. The van der Waals surface area contributed by atoms with Gasteiger partial charge in [0.2, 0.25) is 0 Å². The molecule has 0 spiro atoms. The number of carbonyl (C=O) groups is 1. The molecule has 4 heteroatoms. The van der Waals surface area contributed by atoms with E-state index >= 15 is 0 Å². The normalized spacial score (nSPS) is 17.2. The largest absolute Gasteiger partial charge is 0.369 e. The third kappa shape index (κ3) is 3.07. The number of hydrogen-bond acceptors (Lipinski definition) is 3. The Morgan fingerprint density at radius 3 is 2.65 bits per heavy atom. The number of ketones is 1. The maximum atomic E-state index is 11.6. The van der Waals surface area contributed by atoms with Crippen LogP contribution in [0.4, 0.5) is 5.69 Å². The first kappa shape index (κ1) is 12.6. The van der Waals surface area contributed by atoms with Gasteiger partial charge in [0.05, 0.1) is 5.33 Å². The molecule has 0 aromatic heterocycles. The van der Waals surface area contributed by atoms with Crippen LogP contribution in [0.1, 0.15) is 10.4 Å². The lowest BCUT2D eigenvalue weighted by Crippen LogP contribution is -2.44. The van der Waals surface area contributed by atoms with Crippen LogP contribution in [0.2, 0.25) is 0 Å². The highest BCUT2D eigenvalue weighted by Gasteiger charge is 2.15. The molecule has 0 N–H and O–H groups in total. The lowest BCUT2D eigenvalue weighted by molar-refractivity contribution is 0.102. The summed E-state index contributed by atoms with van der Waals surface area (Å²) in [6, 6.07) is 7.91. The van der Waals surface area contributed by atoms with Gasteiger partial charge in [-0.15, -0.1) is 0 Å². The van der Waals surface area contributed by atoms with Crippen LogP contribution in [0, 0.1) is 0 Å². The number of rotatable bonds is 3. The van der Waals surface area contributed by atoms with Gasteiger partial charge >= 0.3 is 0 Å². The molecule has 0 radical (unpaired) electrons. The van der Waals surface area contributed by atoms with Crippen molar-refractivity contribution in [1.82, 2.24) is 4.90 Å². The van der Waals surface area contributed by atoms with Crippen LogP contribution >= 0.6 is 15.9 Å². The average Bonchev–Trinajstić information content (AvgIpc) is 2.39. The minimum absolute atomic E-state index is 0.140. The molecule has 2 rings (SSSR count). The number of halogens is 1. The monoisotopic (exact) mass is 296 g/mol. The summed E-state index contributed by atoms with van der Waals surface area (Å²) in [5.41, 5.74) is 1.95.